The Bertz CT molecular complexity index is 545. The Balaban J connectivity index is 2.10. The van der Waals surface area contributed by atoms with E-state index in [1.54, 1.807) is 12.1 Å². The summed E-state index contributed by atoms with van der Waals surface area (Å²) >= 11 is 9.29. The lowest BCUT2D eigenvalue weighted by molar-refractivity contribution is 0.303. The zero-order valence-corrected chi connectivity index (χ0v) is 11.8. The van der Waals surface area contributed by atoms with E-state index >= 15 is 0 Å². The van der Waals surface area contributed by atoms with Crippen LogP contribution in [-0.4, -0.2) is 0 Å². The first-order valence-electron chi connectivity index (χ1n) is 5.40. The van der Waals surface area contributed by atoms with Gasteiger partial charge < -0.3 is 4.74 Å². The van der Waals surface area contributed by atoms with Crippen LogP contribution in [0.2, 0.25) is 5.02 Å². The Hall–Kier alpha value is -1.06. The Labute approximate surface area is 119 Å². The highest BCUT2D eigenvalue weighted by atomic mass is 79.9. The van der Waals surface area contributed by atoms with Crippen LogP contribution in [0.4, 0.5) is 4.39 Å². The lowest BCUT2D eigenvalue weighted by Gasteiger charge is -2.10. The maximum absolute atomic E-state index is 13.0. The molecule has 0 fully saturated rings. The Kier molecular flexibility index (Phi) is 4.61. The molecule has 1 nitrogen and oxygen atoms in total. The van der Waals surface area contributed by atoms with E-state index in [2.05, 4.69) is 15.9 Å². The molecule has 0 N–H and O–H groups in total. The smallest absolute Gasteiger partial charge is 0.123 e. The normalized spacial score (nSPS) is 10.4. The largest absolute Gasteiger partial charge is 0.489 e. The molecule has 2 rings (SSSR count). The molecule has 2 aromatic carbocycles. The lowest BCUT2D eigenvalue weighted by Crippen LogP contribution is -1.98. The highest BCUT2D eigenvalue weighted by Crippen LogP contribution is 2.25. The van der Waals surface area contributed by atoms with E-state index in [1.165, 1.54) is 12.1 Å². The zero-order chi connectivity index (χ0) is 13.0. The molecule has 0 aromatic heterocycles. The second-order valence-corrected chi connectivity index (χ2v) is 4.80. The van der Waals surface area contributed by atoms with Crippen molar-refractivity contribution in [2.75, 3.05) is 0 Å². The molecule has 0 spiro atoms. The second kappa shape index (κ2) is 6.21. The molecule has 0 bridgehead atoms. The topological polar surface area (TPSA) is 9.23 Å². The number of hydrogen-bond donors (Lipinski definition) is 0. The van der Waals surface area contributed by atoms with E-state index in [0.717, 1.165) is 16.9 Å². The van der Waals surface area contributed by atoms with Crippen molar-refractivity contribution in [3.8, 4) is 5.75 Å². The Morgan fingerprint density at radius 1 is 1.17 bits per heavy atom. The van der Waals surface area contributed by atoms with Gasteiger partial charge in [-0.3, -0.25) is 0 Å². The van der Waals surface area contributed by atoms with Crippen molar-refractivity contribution >= 4 is 27.5 Å². The lowest BCUT2D eigenvalue weighted by atomic mass is 10.2. The van der Waals surface area contributed by atoms with Gasteiger partial charge in [0.15, 0.2) is 0 Å². The molecule has 0 aliphatic rings. The van der Waals surface area contributed by atoms with E-state index in [1.807, 2.05) is 18.2 Å². The van der Waals surface area contributed by atoms with E-state index in [9.17, 15) is 4.39 Å². The van der Waals surface area contributed by atoms with E-state index < -0.39 is 0 Å². The van der Waals surface area contributed by atoms with Crippen LogP contribution in [-0.2, 0) is 11.9 Å². The monoisotopic (exact) mass is 328 g/mol. The average molecular weight is 330 g/mol. The summed E-state index contributed by atoms with van der Waals surface area (Å²) < 4.78 is 18.7. The molecular weight excluding hydrogens is 319 g/mol. The van der Waals surface area contributed by atoms with E-state index in [4.69, 9.17) is 16.3 Å². The van der Waals surface area contributed by atoms with Crippen molar-refractivity contribution in [2.45, 2.75) is 11.9 Å². The highest BCUT2D eigenvalue weighted by molar-refractivity contribution is 9.08. The molecule has 0 unspecified atom stereocenters. The fourth-order valence-corrected chi connectivity index (χ4v) is 2.21. The summed E-state index contributed by atoms with van der Waals surface area (Å²) in [5.41, 5.74) is 1.77. The third kappa shape index (κ3) is 3.47. The third-order valence-electron chi connectivity index (χ3n) is 2.45. The summed E-state index contributed by atoms with van der Waals surface area (Å²) in [5, 5.41) is 1.33. The van der Waals surface area contributed by atoms with Gasteiger partial charge in [-0.15, -0.1) is 0 Å². The standard InChI is InChI=1S/C14H11BrClFO/c15-8-11-7-12(16)4-5-14(11)18-9-10-2-1-3-13(17)6-10/h1-7H,8-9H2. The Morgan fingerprint density at radius 3 is 2.72 bits per heavy atom. The van der Waals surface area contributed by atoms with Crippen molar-refractivity contribution in [3.05, 3.63) is 64.4 Å². The van der Waals surface area contributed by atoms with Gasteiger partial charge in [0.25, 0.3) is 0 Å². The molecule has 0 aliphatic heterocycles. The first-order chi connectivity index (χ1) is 8.69. The first kappa shape index (κ1) is 13.4. The van der Waals surface area contributed by atoms with Crippen LogP contribution in [0.15, 0.2) is 42.5 Å². The number of hydrogen-bond acceptors (Lipinski definition) is 1. The number of ether oxygens (including phenoxy) is 1. The van der Waals surface area contributed by atoms with Gasteiger partial charge in [0.05, 0.1) is 0 Å². The number of benzene rings is 2. The SMILES string of the molecule is Fc1cccc(COc2ccc(Cl)cc2CBr)c1. The predicted molar refractivity (Wildman–Crippen MR) is 74.8 cm³/mol. The first-order valence-corrected chi connectivity index (χ1v) is 6.90. The summed E-state index contributed by atoms with van der Waals surface area (Å²) in [4.78, 5) is 0. The van der Waals surface area contributed by atoms with Gasteiger partial charge in [-0.05, 0) is 35.9 Å². The van der Waals surface area contributed by atoms with Crippen LogP contribution in [0.3, 0.4) is 0 Å². The van der Waals surface area contributed by atoms with Crippen molar-refractivity contribution in [3.63, 3.8) is 0 Å². The molecular formula is C14H11BrClFO. The minimum absolute atomic E-state index is 0.257. The summed E-state index contributed by atoms with van der Waals surface area (Å²) in [6, 6.07) is 11.8. The molecule has 0 radical (unpaired) electrons. The average Bonchev–Trinajstić information content (AvgIpc) is 2.37. The van der Waals surface area contributed by atoms with Crippen molar-refractivity contribution in [2.24, 2.45) is 0 Å². The molecule has 0 amide bonds. The molecule has 94 valence electrons. The van der Waals surface area contributed by atoms with E-state index in [0.29, 0.717) is 17.0 Å². The number of halogens is 3. The molecule has 0 atom stereocenters. The van der Waals surface area contributed by atoms with Crippen LogP contribution in [0, 0.1) is 5.82 Å². The maximum Gasteiger partial charge on any atom is 0.123 e. The van der Waals surface area contributed by atoms with Crippen molar-refractivity contribution in [1.82, 2.24) is 0 Å². The number of alkyl halides is 1. The molecule has 0 heterocycles. The minimum atomic E-state index is -0.257. The fraction of sp³-hybridized carbons (Fsp3) is 0.143. The second-order valence-electron chi connectivity index (χ2n) is 3.80. The van der Waals surface area contributed by atoms with Crippen molar-refractivity contribution in [1.29, 1.82) is 0 Å². The minimum Gasteiger partial charge on any atom is -0.489 e. The summed E-state index contributed by atoms with van der Waals surface area (Å²) in [6.07, 6.45) is 0. The fourth-order valence-electron chi connectivity index (χ4n) is 1.58. The molecule has 0 saturated carbocycles. The molecule has 0 aliphatic carbocycles. The quantitative estimate of drug-likeness (QED) is 0.721. The van der Waals surface area contributed by atoms with Gasteiger partial charge >= 0.3 is 0 Å². The van der Waals surface area contributed by atoms with Gasteiger partial charge in [-0.25, -0.2) is 4.39 Å². The van der Waals surface area contributed by atoms with Crippen LogP contribution < -0.4 is 4.74 Å². The predicted octanol–water partition coefficient (Wildman–Crippen LogP) is 4.95. The third-order valence-corrected chi connectivity index (χ3v) is 3.29. The van der Waals surface area contributed by atoms with Gasteiger partial charge in [0.2, 0.25) is 0 Å². The van der Waals surface area contributed by atoms with Gasteiger partial charge in [0.1, 0.15) is 18.2 Å². The van der Waals surface area contributed by atoms with Gasteiger partial charge in [-0.2, -0.15) is 0 Å². The van der Waals surface area contributed by atoms with Gasteiger partial charge in [0, 0.05) is 15.9 Å². The highest BCUT2D eigenvalue weighted by Gasteiger charge is 2.04. The molecule has 18 heavy (non-hydrogen) atoms. The molecule has 4 heteroatoms. The van der Waals surface area contributed by atoms with Crippen LogP contribution in [0.5, 0.6) is 5.75 Å². The van der Waals surface area contributed by atoms with Crippen LogP contribution in [0.1, 0.15) is 11.1 Å². The summed E-state index contributed by atoms with van der Waals surface area (Å²) in [7, 11) is 0. The van der Waals surface area contributed by atoms with Crippen LogP contribution >= 0.6 is 27.5 Å². The summed E-state index contributed by atoms with van der Waals surface area (Å²) in [6.45, 7) is 0.333. The maximum atomic E-state index is 13.0. The van der Waals surface area contributed by atoms with Gasteiger partial charge in [-0.1, -0.05) is 39.7 Å². The summed E-state index contributed by atoms with van der Waals surface area (Å²) in [5.74, 6) is 0.494. The van der Waals surface area contributed by atoms with Crippen LogP contribution in [0.25, 0.3) is 0 Å². The molecule has 2 aromatic rings. The molecule has 0 saturated heterocycles. The van der Waals surface area contributed by atoms with Crippen molar-refractivity contribution < 1.29 is 9.13 Å². The Morgan fingerprint density at radius 2 is 2.00 bits per heavy atom. The number of rotatable bonds is 4. The van der Waals surface area contributed by atoms with E-state index in [-0.39, 0.29) is 5.82 Å². The zero-order valence-electron chi connectivity index (χ0n) is 9.50.